The standard InChI is InChI=1S/C20H15F5N4O4S/c1-34(26,31)14-4-2-3-12(8-14)29-17(30)15-7-11(20(23,24)25)9-28-18(15)32-13-5-6-16(27-10-13)33-19(21)22/h2-10,19,26H,1H3,(H,29,30). The molecule has 1 unspecified atom stereocenters. The van der Waals surface area contributed by atoms with E-state index < -0.39 is 51.3 Å². The van der Waals surface area contributed by atoms with Crippen molar-refractivity contribution in [2.24, 2.45) is 0 Å². The second kappa shape index (κ2) is 9.59. The fraction of sp³-hybridized carbons (Fsp3) is 0.150. The number of carbonyl (C=O) groups excluding carboxylic acids is 1. The number of amides is 1. The maximum Gasteiger partial charge on any atom is 0.417 e. The minimum absolute atomic E-state index is 0.0721. The Kier molecular flexibility index (Phi) is 7.00. The first-order valence-electron chi connectivity index (χ1n) is 9.14. The summed E-state index contributed by atoms with van der Waals surface area (Å²) in [6, 6.07) is 8.15. The molecule has 14 heteroatoms. The smallest absolute Gasteiger partial charge is 0.417 e. The predicted octanol–water partition coefficient (Wildman–Crippen LogP) is 5.18. The summed E-state index contributed by atoms with van der Waals surface area (Å²) in [7, 11) is -3.11. The van der Waals surface area contributed by atoms with Gasteiger partial charge < -0.3 is 14.8 Å². The number of alkyl halides is 5. The summed E-state index contributed by atoms with van der Waals surface area (Å²) in [6.45, 7) is -3.11. The molecule has 1 atom stereocenters. The molecule has 0 aliphatic rings. The topological polar surface area (TPSA) is 114 Å². The van der Waals surface area contributed by atoms with E-state index in [9.17, 15) is 31.0 Å². The third-order valence-electron chi connectivity index (χ3n) is 4.10. The van der Waals surface area contributed by atoms with Gasteiger partial charge in [0.15, 0.2) is 0 Å². The van der Waals surface area contributed by atoms with Crippen LogP contribution in [-0.4, -0.2) is 33.0 Å². The lowest BCUT2D eigenvalue weighted by atomic mass is 10.1. The molecule has 2 heterocycles. The van der Waals surface area contributed by atoms with E-state index in [1.165, 1.54) is 30.5 Å². The van der Waals surface area contributed by atoms with Crippen molar-refractivity contribution >= 4 is 21.3 Å². The van der Waals surface area contributed by atoms with Gasteiger partial charge in [-0.1, -0.05) is 6.07 Å². The van der Waals surface area contributed by atoms with Crippen LogP contribution in [0.4, 0.5) is 27.6 Å². The summed E-state index contributed by atoms with van der Waals surface area (Å²) in [5.41, 5.74) is -1.75. The van der Waals surface area contributed by atoms with Crippen molar-refractivity contribution in [2.45, 2.75) is 17.7 Å². The minimum Gasteiger partial charge on any atom is -0.437 e. The molecule has 0 bridgehead atoms. The highest BCUT2D eigenvalue weighted by molar-refractivity contribution is 7.91. The van der Waals surface area contributed by atoms with Gasteiger partial charge in [-0.15, -0.1) is 0 Å². The Hall–Kier alpha value is -3.81. The molecule has 3 aromatic rings. The van der Waals surface area contributed by atoms with Gasteiger partial charge in [0, 0.05) is 29.1 Å². The molecule has 1 amide bonds. The molecule has 8 nitrogen and oxygen atoms in total. The molecule has 1 aromatic carbocycles. The van der Waals surface area contributed by atoms with Crippen LogP contribution in [0.25, 0.3) is 0 Å². The summed E-state index contributed by atoms with van der Waals surface area (Å²) >= 11 is 0. The predicted molar refractivity (Wildman–Crippen MR) is 110 cm³/mol. The van der Waals surface area contributed by atoms with Gasteiger partial charge >= 0.3 is 12.8 Å². The molecule has 0 radical (unpaired) electrons. The van der Waals surface area contributed by atoms with E-state index in [-0.39, 0.29) is 16.3 Å². The number of nitrogens with one attached hydrogen (secondary N) is 2. The summed E-state index contributed by atoms with van der Waals surface area (Å²) in [5, 5.41) is 2.35. The summed E-state index contributed by atoms with van der Waals surface area (Å²) in [5.74, 6) is -2.11. The Balaban J connectivity index is 1.93. The quantitative estimate of drug-likeness (QED) is 0.431. The van der Waals surface area contributed by atoms with Crippen molar-refractivity contribution in [2.75, 3.05) is 11.6 Å². The van der Waals surface area contributed by atoms with Gasteiger partial charge in [0.25, 0.3) is 5.91 Å². The fourth-order valence-corrected chi connectivity index (χ4v) is 3.26. The highest BCUT2D eigenvalue weighted by Crippen LogP contribution is 2.33. The lowest BCUT2D eigenvalue weighted by Crippen LogP contribution is -2.16. The Morgan fingerprint density at radius 2 is 1.85 bits per heavy atom. The van der Waals surface area contributed by atoms with Crippen LogP contribution in [0.1, 0.15) is 15.9 Å². The van der Waals surface area contributed by atoms with Crippen LogP contribution < -0.4 is 14.8 Å². The monoisotopic (exact) mass is 502 g/mol. The maximum atomic E-state index is 13.2. The molecule has 0 aliphatic carbocycles. The largest absolute Gasteiger partial charge is 0.437 e. The first-order chi connectivity index (χ1) is 15.8. The molecular formula is C20H15F5N4O4S. The van der Waals surface area contributed by atoms with Crippen molar-refractivity contribution in [3.63, 3.8) is 0 Å². The second-order valence-corrected chi connectivity index (χ2v) is 8.87. The Morgan fingerprint density at radius 1 is 1.12 bits per heavy atom. The van der Waals surface area contributed by atoms with Crippen LogP contribution >= 0.6 is 0 Å². The average Bonchev–Trinajstić information content (AvgIpc) is 2.74. The molecule has 0 saturated carbocycles. The fourth-order valence-electron chi connectivity index (χ4n) is 2.57. The number of hydrogen-bond acceptors (Lipinski definition) is 7. The number of hydrogen-bond donors (Lipinski definition) is 2. The SMILES string of the molecule is CS(=N)(=O)c1cccc(NC(=O)c2cc(C(F)(F)F)cnc2Oc2ccc(OC(F)F)nc2)c1. The molecule has 0 saturated heterocycles. The normalized spacial score (nSPS) is 13.3. The van der Waals surface area contributed by atoms with E-state index in [0.717, 1.165) is 18.3 Å². The third kappa shape index (κ3) is 6.37. The number of aromatic nitrogens is 2. The number of carbonyl (C=O) groups is 1. The molecular weight excluding hydrogens is 487 g/mol. The van der Waals surface area contributed by atoms with Crippen LogP contribution in [-0.2, 0) is 15.9 Å². The van der Waals surface area contributed by atoms with Crippen LogP contribution in [0.15, 0.2) is 59.8 Å². The van der Waals surface area contributed by atoms with Crippen LogP contribution in [0, 0.1) is 4.78 Å². The molecule has 2 aromatic heterocycles. The highest BCUT2D eigenvalue weighted by Gasteiger charge is 2.33. The van der Waals surface area contributed by atoms with Gasteiger partial charge in [-0.2, -0.15) is 22.0 Å². The molecule has 0 aliphatic heterocycles. The molecule has 34 heavy (non-hydrogen) atoms. The Labute approximate surface area is 189 Å². The number of rotatable bonds is 7. The number of nitrogens with zero attached hydrogens (tertiary/aromatic N) is 2. The van der Waals surface area contributed by atoms with Crippen molar-refractivity contribution in [1.82, 2.24) is 9.97 Å². The van der Waals surface area contributed by atoms with E-state index in [1.807, 2.05) is 0 Å². The first kappa shape index (κ1) is 24.8. The first-order valence-corrected chi connectivity index (χ1v) is 11.1. The van der Waals surface area contributed by atoms with E-state index in [0.29, 0.717) is 12.3 Å². The van der Waals surface area contributed by atoms with Crippen LogP contribution in [0.5, 0.6) is 17.5 Å². The number of ether oxygens (including phenoxy) is 2. The van der Waals surface area contributed by atoms with E-state index in [2.05, 4.69) is 20.0 Å². The molecule has 2 N–H and O–H groups in total. The zero-order valence-corrected chi connectivity index (χ0v) is 17.9. The van der Waals surface area contributed by atoms with Gasteiger partial charge in [0.2, 0.25) is 11.8 Å². The second-order valence-electron chi connectivity index (χ2n) is 6.71. The Bertz CT molecular complexity index is 1300. The number of pyridine rings is 2. The maximum absolute atomic E-state index is 13.2. The van der Waals surface area contributed by atoms with E-state index in [4.69, 9.17) is 9.52 Å². The van der Waals surface area contributed by atoms with Crippen LogP contribution in [0.3, 0.4) is 0 Å². The zero-order chi connectivity index (χ0) is 25.1. The van der Waals surface area contributed by atoms with Gasteiger partial charge in [0.05, 0.1) is 21.5 Å². The lowest BCUT2D eigenvalue weighted by molar-refractivity contribution is -0.137. The summed E-state index contributed by atoms with van der Waals surface area (Å²) in [6.07, 6.45) is -2.23. The third-order valence-corrected chi connectivity index (χ3v) is 5.25. The summed E-state index contributed by atoms with van der Waals surface area (Å²) in [4.78, 5) is 20.0. The highest BCUT2D eigenvalue weighted by atomic mass is 32.2. The van der Waals surface area contributed by atoms with E-state index >= 15 is 0 Å². The van der Waals surface area contributed by atoms with Crippen molar-refractivity contribution in [1.29, 1.82) is 4.78 Å². The lowest BCUT2D eigenvalue weighted by Gasteiger charge is -2.14. The number of anilines is 1. The summed E-state index contributed by atoms with van der Waals surface area (Å²) < 4.78 is 93.1. The number of halogens is 5. The Morgan fingerprint density at radius 3 is 2.44 bits per heavy atom. The molecule has 3 rings (SSSR count). The van der Waals surface area contributed by atoms with Gasteiger partial charge in [-0.05, 0) is 30.3 Å². The average molecular weight is 502 g/mol. The molecule has 0 spiro atoms. The van der Waals surface area contributed by atoms with Crippen molar-refractivity contribution < 1.29 is 40.4 Å². The molecule has 0 fully saturated rings. The van der Waals surface area contributed by atoms with Crippen molar-refractivity contribution in [3.05, 3.63) is 66.0 Å². The van der Waals surface area contributed by atoms with Crippen molar-refractivity contribution in [3.8, 4) is 17.5 Å². The van der Waals surface area contributed by atoms with Gasteiger partial charge in [-0.3, -0.25) is 4.79 Å². The van der Waals surface area contributed by atoms with Gasteiger partial charge in [-0.25, -0.2) is 19.0 Å². The minimum atomic E-state index is -4.81. The molecule has 180 valence electrons. The zero-order valence-electron chi connectivity index (χ0n) is 17.1. The van der Waals surface area contributed by atoms with E-state index in [1.54, 1.807) is 0 Å². The number of benzene rings is 1. The van der Waals surface area contributed by atoms with Gasteiger partial charge in [0.1, 0.15) is 11.3 Å². The van der Waals surface area contributed by atoms with Crippen LogP contribution in [0.2, 0.25) is 0 Å².